The molecule has 0 N–H and O–H groups in total. The Morgan fingerprint density at radius 2 is 0.630 bits per heavy atom. The number of nitrogens with zero attached hydrogens (tertiary/aromatic N) is 1. The van der Waals surface area contributed by atoms with Gasteiger partial charge >= 0.3 is 0 Å². The molecule has 0 saturated carbocycles. The molecular formula is C45H39N. The van der Waals surface area contributed by atoms with E-state index in [-0.39, 0.29) is 16.2 Å². The Kier molecular flexibility index (Phi) is 5.43. The zero-order valence-corrected chi connectivity index (χ0v) is 27.6. The molecule has 46 heavy (non-hydrogen) atoms. The van der Waals surface area contributed by atoms with Crippen LogP contribution in [0.1, 0.15) is 74.9 Å². The minimum absolute atomic E-state index is 0.0263. The van der Waals surface area contributed by atoms with Gasteiger partial charge in [-0.2, -0.15) is 0 Å². The summed E-state index contributed by atoms with van der Waals surface area (Å²) in [6, 6.07) is 48.2. The highest BCUT2D eigenvalue weighted by molar-refractivity contribution is 5.91. The second-order valence-electron chi connectivity index (χ2n) is 15.0. The lowest BCUT2D eigenvalue weighted by Crippen LogP contribution is -2.17. The molecule has 0 heterocycles. The molecule has 0 spiro atoms. The monoisotopic (exact) mass is 593 g/mol. The van der Waals surface area contributed by atoms with Gasteiger partial charge in [-0.25, -0.2) is 0 Å². The average molecular weight is 594 g/mol. The molecule has 0 aliphatic heterocycles. The number of hydrogen-bond acceptors (Lipinski definition) is 1. The maximum Gasteiger partial charge on any atom is 0.0468 e. The Labute approximate surface area is 273 Å². The van der Waals surface area contributed by atoms with Crippen LogP contribution in [-0.2, 0) is 16.2 Å². The summed E-state index contributed by atoms with van der Waals surface area (Å²) < 4.78 is 0. The van der Waals surface area contributed by atoms with E-state index >= 15 is 0 Å². The third-order valence-electron chi connectivity index (χ3n) is 11.5. The van der Waals surface area contributed by atoms with Crippen molar-refractivity contribution in [2.24, 2.45) is 0 Å². The molecule has 1 heteroatoms. The smallest absolute Gasteiger partial charge is 0.0468 e. The minimum Gasteiger partial charge on any atom is -0.310 e. The number of benzene rings is 6. The Hall–Kier alpha value is -4.88. The van der Waals surface area contributed by atoms with Gasteiger partial charge in [0.1, 0.15) is 0 Å². The van der Waals surface area contributed by atoms with Crippen molar-refractivity contribution in [3.63, 3.8) is 0 Å². The van der Waals surface area contributed by atoms with Gasteiger partial charge in [0.2, 0.25) is 0 Å². The van der Waals surface area contributed by atoms with Gasteiger partial charge in [0.15, 0.2) is 0 Å². The first-order valence-electron chi connectivity index (χ1n) is 16.6. The van der Waals surface area contributed by atoms with Crippen LogP contribution in [-0.4, -0.2) is 0 Å². The summed E-state index contributed by atoms with van der Waals surface area (Å²) in [5.41, 5.74) is 19.9. The topological polar surface area (TPSA) is 3.24 Å². The maximum atomic E-state index is 2.49. The first-order valence-corrected chi connectivity index (χ1v) is 16.6. The summed E-state index contributed by atoms with van der Waals surface area (Å²) in [5, 5.41) is 0. The van der Waals surface area contributed by atoms with Crippen molar-refractivity contribution in [1.82, 2.24) is 0 Å². The van der Waals surface area contributed by atoms with E-state index in [0.29, 0.717) is 0 Å². The van der Waals surface area contributed by atoms with Crippen molar-refractivity contribution in [1.29, 1.82) is 0 Å². The predicted molar refractivity (Wildman–Crippen MR) is 194 cm³/mol. The third-order valence-corrected chi connectivity index (χ3v) is 11.5. The first-order chi connectivity index (χ1) is 22.1. The van der Waals surface area contributed by atoms with E-state index in [9.17, 15) is 0 Å². The van der Waals surface area contributed by atoms with Crippen molar-refractivity contribution < 1.29 is 0 Å². The van der Waals surface area contributed by atoms with E-state index in [1.54, 1.807) is 0 Å². The van der Waals surface area contributed by atoms with Crippen LogP contribution in [0.25, 0.3) is 33.4 Å². The summed E-state index contributed by atoms with van der Waals surface area (Å²) in [6.45, 7) is 14.2. The summed E-state index contributed by atoms with van der Waals surface area (Å²) in [7, 11) is 0. The van der Waals surface area contributed by atoms with E-state index in [4.69, 9.17) is 0 Å². The SMILES string of the molecule is CC1(C)c2ccccc2-c2cc(N(c3ccc4c(c3)-c3ccccc3C4(C)C)c3ccc4c(c3)C(C)(C)c3ccccc3-4)ccc21. The van der Waals surface area contributed by atoms with Gasteiger partial charge < -0.3 is 4.90 Å². The molecule has 224 valence electrons. The van der Waals surface area contributed by atoms with Gasteiger partial charge in [-0.3, -0.25) is 0 Å². The fourth-order valence-electron chi connectivity index (χ4n) is 8.97. The van der Waals surface area contributed by atoms with Crippen LogP contribution in [0.15, 0.2) is 127 Å². The quantitative estimate of drug-likeness (QED) is 0.197. The van der Waals surface area contributed by atoms with E-state index in [2.05, 4.69) is 174 Å². The molecule has 9 rings (SSSR count). The standard InChI is InChI=1S/C45H39N/c1-43(2)38-17-11-8-14-32(38)35-25-28(20-23-40(35)43)46(29-21-24-41-36(26-29)33-15-9-12-18-39(33)44(41,3)4)30-19-22-34-31-13-7-10-16-37(31)45(5,6)42(34)27-30/h7-27H,1-6H3. The Morgan fingerprint density at radius 3 is 1.11 bits per heavy atom. The van der Waals surface area contributed by atoms with Crippen molar-refractivity contribution >= 4 is 17.1 Å². The van der Waals surface area contributed by atoms with Gasteiger partial charge in [-0.15, -0.1) is 0 Å². The van der Waals surface area contributed by atoms with Gasteiger partial charge in [-0.05, 0) is 103 Å². The Morgan fingerprint density at radius 1 is 0.304 bits per heavy atom. The number of fused-ring (bicyclic) bond motifs is 9. The van der Waals surface area contributed by atoms with Gasteiger partial charge in [0.05, 0.1) is 0 Å². The summed E-state index contributed by atoms with van der Waals surface area (Å²) in [4.78, 5) is 2.49. The number of hydrogen-bond donors (Lipinski definition) is 0. The normalized spacial score (nSPS) is 16.6. The molecule has 0 radical (unpaired) electrons. The molecule has 0 amide bonds. The molecule has 0 unspecified atom stereocenters. The second kappa shape index (κ2) is 9.10. The second-order valence-corrected chi connectivity index (χ2v) is 15.0. The highest BCUT2D eigenvalue weighted by Crippen LogP contribution is 2.54. The molecule has 0 aromatic heterocycles. The van der Waals surface area contributed by atoms with E-state index < -0.39 is 0 Å². The number of rotatable bonds is 3. The van der Waals surface area contributed by atoms with Crippen LogP contribution in [0.4, 0.5) is 17.1 Å². The highest BCUT2D eigenvalue weighted by Gasteiger charge is 2.39. The van der Waals surface area contributed by atoms with Crippen LogP contribution in [0.2, 0.25) is 0 Å². The molecular weight excluding hydrogens is 555 g/mol. The average Bonchev–Trinajstić information content (AvgIpc) is 3.54. The minimum atomic E-state index is -0.0740. The highest BCUT2D eigenvalue weighted by atomic mass is 15.1. The summed E-state index contributed by atoms with van der Waals surface area (Å²) in [5.74, 6) is 0. The van der Waals surface area contributed by atoms with Crippen LogP contribution < -0.4 is 4.90 Å². The van der Waals surface area contributed by atoms with Crippen LogP contribution in [0, 0.1) is 0 Å². The van der Waals surface area contributed by atoms with Gasteiger partial charge in [0.25, 0.3) is 0 Å². The van der Waals surface area contributed by atoms with Gasteiger partial charge in [-0.1, -0.05) is 133 Å². The van der Waals surface area contributed by atoms with Gasteiger partial charge in [0, 0.05) is 33.3 Å². The lowest BCUT2D eigenvalue weighted by molar-refractivity contribution is 0.660. The molecule has 1 nitrogen and oxygen atoms in total. The van der Waals surface area contributed by atoms with E-state index in [1.165, 1.54) is 83.8 Å². The van der Waals surface area contributed by atoms with Crippen LogP contribution >= 0.6 is 0 Å². The molecule has 3 aliphatic carbocycles. The Balaban J connectivity index is 1.27. The van der Waals surface area contributed by atoms with Crippen LogP contribution in [0.5, 0.6) is 0 Å². The molecule has 6 aromatic carbocycles. The van der Waals surface area contributed by atoms with Crippen molar-refractivity contribution in [2.45, 2.75) is 57.8 Å². The number of anilines is 3. The molecule has 0 atom stereocenters. The van der Waals surface area contributed by atoms with Crippen molar-refractivity contribution in [3.05, 3.63) is 161 Å². The fraction of sp³-hybridized carbons (Fsp3) is 0.200. The van der Waals surface area contributed by atoms with Crippen molar-refractivity contribution in [2.75, 3.05) is 4.90 Å². The van der Waals surface area contributed by atoms with E-state index in [1.807, 2.05) is 0 Å². The third kappa shape index (κ3) is 3.52. The maximum absolute atomic E-state index is 2.49. The zero-order valence-electron chi connectivity index (χ0n) is 27.6. The fourth-order valence-corrected chi connectivity index (χ4v) is 8.97. The predicted octanol–water partition coefficient (Wildman–Crippen LogP) is 12.1. The van der Waals surface area contributed by atoms with E-state index in [0.717, 1.165) is 0 Å². The molecule has 0 bridgehead atoms. The first kappa shape index (κ1) is 27.4. The van der Waals surface area contributed by atoms with Crippen LogP contribution in [0.3, 0.4) is 0 Å². The summed E-state index contributed by atoms with van der Waals surface area (Å²) in [6.07, 6.45) is 0. The largest absolute Gasteiger partial charge is 0.310 e. The Bertz CT molecular complexity index is 2140. The molecule has 0 fully saturated rings. The molecule has 3 aliphatic rings. The van der Waals surface area contributed by atoms with Crippen molar-refractivity contribution in [3.8, 4) is 33.4 Å². The molecule has 6 aromatic rings. The molecule has 0 saturated heterocycles. The summed E-state index contributed by atoms with van der Waals surface area (Å²) >= 11 is 0. The zero-order chi connectivity index (χ0) is 31.6. The lowest BCUT2D eigenvalue weighted by atomic mass is 9.82. The lowest BCUT2D eigenvalue weighted by Gasteiger charge is -2.30.